The molecule has 0 spiro atoms. The van der Waals surface area contributed by atoms with Crippen LogP contribution in [0.1, 0.15) is 34.1 Å². The van der Waals surface area contributed by atoms with Crippen molar-refractivity contribution in [1.82, 2.24) is 0 Å². The van der Waals surface area contributed by atoms with Gasteiger partial charge in [-0.05, 0) is 25.7 Å². The molecule has 0 amide bonds. The fraction of sp³-hybridized carbons (Fsp3) is 0.667. The lowest BCUT2D eigenvalue weighted by atomic mass is 9.90. The Kier molecular flexibility index (Phi) is 3.66. The zero-order valence-electron chi connectivity index (χ0n) is 7.31. The molecule has 59 valence electrons. The van der Waals surface area contributed by atoms with Crippen molar-refractivity contribution in [1.29, 1.82) is 0 Å². The van der Waals surface area contributed by atoms with Gasteiger partial charge in [0.25, 0.3) is 0 Å². The van der Waals surface area contributed by atoms with Gasteiger partial charge < -0.3 is 5.11 Å². The Morgan fingerprint density at radius 2 is 1.90 bits per heavy atom. The summed E-state index contributed by atoms with van der Waals surface area (Å²) >= 11 is 0. The third kappa shape index (κ3) is 4.57. The molecule has 0 heterocycles. The molecular weight excluding hydrogens is 124 g/mol. The summed E-state index contributed by atoms with van der Waals surface area (Å²) in [5, 5.41) is 8.75. The van der Waals surface area contributed by atoms with Gasteiger partial charge in [0.05, 0.1) is 6.61 Å². The number of aliphatic hydroxyl groups is 1. The third-order valence-corrected chi connectivity index (χ3v) is 1.39. The highest BCUT2D eigenvalue weighted by molar-refractivity contribution is 4.97. The van der Waals surface area contributed by atoms with Gasteiger partial charge in [-0.2, -0.15) is 0 Å². The van der Waals surface area contributed by atoms with Gasteiger partial charge >= 0.3 is 0 Å². The molecule has 0 saturated heterocycles. The van der Waals surface area contributed by atoms with E-state index in [0.29, 0.717) is 0 Å². The predicted octanol–water partition coefficient (Wildman–Crippen LogP) is 2.90. The summed E-state index contributed by atoms with van der Waals surface area (Å²) in [6, 6.07) is 0. The minimum absolute atomic E-state index is 0.0722. The van der Waals surface area contributed by atoms with Crippen LogP contribution in [0.25, 0.3) is 0 Å². The quantitative estimate of drug-likeness (QED) is 0.599. The number of hydrogen-bond acceptors (Lipinski definition) is 1. The zero-order valence-corrected chi connectivity index (χ0v) is 7.31. The van der Waals surface area contributed by atoms with Gasteiger partial charge in [-0.1, -0.05) is 25.5 Å². The topological polar surface area (TPSA) is 20.2 Å². The monoisotopic (exact) mass is 141 g/mol. The van der Waals surface area contributed by atoms with Crippen molar-refractivity contribution < 1.29 is 5.11 Å². The van der Waals surface area contributed by atoms with Crippen molar-refractivity contribution >= 4 is 0 Å². The molecule has 1 N–H and O–H groups in total. The van der Waals surface area contributed by atoms with Crippen molar-refractivity contribution in [2.24, 2.45) is 5.41 Å². The standard InChI is InChI=1S/C9H17O/c1-8(2)5-6-9(3,4)7-10/h5,7,10H,6H2,1-4H3. The van der Waals surface area contributed by atoms with Crippen molar-refractivity contribution in [3.05, 3.63) is 18.3 Å². The Balaban J connectivity index is 3.78. The van der Waals surface area contributed by atoms with Crippen LogP contribution in [0.5, 0.6) is 0 Å². The maximum absolute atomic E-state index is 8.75. The molecule has 0 aliphatic heterocycles. The van der Waals surface area contributed by atoms with E-state index in [0.717, 1.165) is 6.42 Å². The smallest absolute Gasteiger partial charge is 0.0858 e. The molecule has 1 heteroatoms. The van der Waals surface area contributed by atoms with Crippen molar-refractivity contribution in [2.45, 2.75) is 34.1 Å². The molecule has 0 saturated carbocycles. The van der Waals surface area contributed by atoms with Gasteiger partial charge in [0.1, 0.15) is 0 Å². The fourth-order valence-corrected chi connectivity index (χ4v) is 0.520. The molecule has 0 rings (SSSR count). The first-order valence-corrected chi connectivity index (χ1v) is 3.60. The molecule has 0 aromatic carbocycles. The van der Waals surface area contributed by atoms with E-state index >= 15 is 0 Å². The van der Waals surface area contributed by atoms with Crippen LogP contribution in [-0.4, -0.2) is 5.11 Å². The lowest BCUT2D eigenvalue weighted by molar-refractivity contribution is 0.245. The number of rotatable bonds is 3. The average molecular weight is 141 g/mol. The summed E-state index contributed by atoms with van der Waals surface area (Å²) in [6.07, 6.45) is 3.04. The summed E-state index contributed by atoms with van der Waals surface area (Å²) in [6.45, 7) is 9.40. The van der Waals surface area contributed by atoms with E-state index in [2.05, 4.69) is 19.9 Å². The van der Waals surface area contributed by atoms with Gasteiger partial charge in [-0.25, -0.2) is 0 Å². The predicted molar refractivity (Wildman–Crippen MR) is 44.1 cm³/mol. The Hall–Kier alpha value is -0.300. The Morgan fingerprint density at radius 3 is 2.20 bits per heavy atom. The zero-order chi connectivity index (χ0) is 8.20. The molecule has 0 aromatic rings. The summed E-state index contributed by atoms with van der Waals surface area (Å²) in [7, 11) is 0. The number of hydrogen-bond donors (Lipinski definition) is 1. The third-order valence-electron chi connectivity index (χ3n) is 1.39. The van der Waals surface area contributed by atoms with Crippen molar-refractivity contribution in [3.8, 4) is 0 Å². The normalized spacial score (nSPS) is 11.3. The van der Waals surface area contributed by atoms with Crippen LogP contribution in [-0.2, 0) is 0 Å². The number of allylic oxidation sites excluding steroid dienone is 2. The van der Waals surface area contributed by atoms with Crippen LogP contribution in [0.4, 0.5) is 0 Å². The molecule has 1 nitrogen and oxygen atoms in total. The van der Waals surface area contributed by atoms with Crippen LogP contribution >= 0.6 is 0 Å². The maximum atomic E-state index is 8.75. The first-order chi connectivity index (χ1) is 4.48. The molecule has 0 aromatic heterocycles. The van der Waals surface area contributed by atoms with Crippen LogP contribution in [0.3, 0.4) is 0 Å². The van der Waals surface area contributed by atoms with Crippen LogP contribution in [0.15, 0.2) is 11.6 Å². The molecule has 0 aliphatic carbocycles. The number of aliphatic hydroxyl groups excluding tert-OH is 1. The molecule has 10 heavy (non-hydrogen) atoms. The SMILES string of the molecule is CC(C)=CCC(C)(C)[CH]O. The average Bonchev–Trinajstić information content (AvgIpc) is 1.85. The minimum atomic E-state index is -0.0722. The molecule has 1 radical (unpaired) electrons. The lowest BCUT2D eigenvalue weighted by Crippen LogP contribution is -2.09. The second-order valence-electron chi connectivity index (χ2n) is 3.60. The Morgan fingerprint density at radius 1 is 1.40 bits per heavy atom. The molecule has 0 fully saturated rings. The van der Waals surface area contributed by atoms with Gasteiger partial charge in [-0.15, -0.1) is 0 Å². The molecule has 0 aliphatic rings. The molecule has 0 unspecified atom stereocenters. The highest BCUT2D eigenvalue weighted by Gasteiger charge is 2.14. The Bertz CT molecular complexity index is 119. The van der Waals surface area contributed by atoms with Gasteiger partial charge in [0.2, 0.25) is 0 Å². The molecule has 0 bridgehead atoms. The van der Waals surface area contributed by atoms with E-state index in [1.165, 1.54) is 12.2 Å². The van der Waals surface area contributed by atoms with E-state index < -0.39 is 0 Å². The van der Waals surface area contributed by atoms with Crippen LogP contribution in [0.2, 0.25) is 0 Å². The van der Waals surface area contributed by atoms with Gasteiger partial charge in [0.15, 0.2) is 0 Å². The van der Waals surface area contributed by atoms with E-state index in [4.69, 9.17) is 5.11 Å². The second kappa shape index (κ2) is 3.77. The first-order valence-electron chi connectivity index (χ1n) is 3.60. The summed E-state index contributed by atoms with van der Waals surface area (Å²) in [4.78, 5) is 0. The van der Waals surface area contributed by atoms with Crippen molar-refractivity contribution in [3.63, 3.8) is 0 Å². The van der Waals surface area contributed by atoms with Crippen LogP contribution in [0, 0.1) is 12.0 Å². The first kappa shape index (κ1) is 9.70. The minimum Gasteiger partial charge on any atom is -0.390 e. The fourth-order valence-electron chi connectivity index (χ4n) is 0.520. The second-order valence-corrected chi connectivity index (χ2v) is 3.60. The summed E-state index contributed by atoms with van der Waals surface area (Å²) < 4.78 is 0. The van der Waals surface area contributed by atoms with E-state index in [1.54, 1.807) is 0 Å². The lowest BCUT2D eigenvalue weighted by Gasteiger charge is -2.18. The van der Waals surface area contributed by atoms with Gasteiger partial charge in [0, 0.05) is 0 Å². The maximum Gasteiger partial charge on any atom is 0.0858 e. The largest absolute Gasteiger partial charge is 0.390 e. The van der Waals surface area contributed by atoms with E-state index in [1.807, 2.05) is 13.8 Å². The van der Waals surface area contributed by atoms with Gasteiger partial charge in [-0.3, -0.25) is 0 Å². The van der Waals surface area contributed by atoms with E-state index in [9.17, 15) is 0 Å². The van der Waals surface area contributed by atoms with E-state index in [-0.39, 0.29) is 5.41 Å². The Labute approximate surface area is 63.8 Å². The summed E-state index contributed by atoms with van der Waals surface area (Å²) in [5.41, 5.74) is 1.23. The highest BCUT2D eigenvalue weighted by Crippen LogP contribution is 2.23. The van der Waals surface area contributed by atoms with Crippen LogP contribution < -0.4 is 0 Å². The summed E-state index contributed by atoms with van der Waals surface area (Å²) in [5.74, 6) is 0. The highest BCUT2D eigenvalue weighted by atomic mass is 16.3. The molecule has 0 atom stereocenters. The van der Waals surface area contributed by atoms with Crippen molar-refractivity contribution in [2.75, 3.05) is 0 Å². The molecular formula is C9H17O.